The summed E-state index contributed by atoms with van der Waals surface area (Å²) in [5.74, 6) is 4.97. The molecule has 2 aromatic carbocycles. The van der Waals surface area contributed by atoms with Crippen LogP contribution in [-0.4, -0.2) is 128 Å². The number of esters is 1. The Balaban J connectivity index is 0.000000218. The molecule has 0 aliphatic carbocycles. The van der Waals surface area contributed by atoms with Crippen LogP contribution in [0.15, 0.2) is 60.9 Å². The van der Waals surface area contributed by atoms with Crippen molar-refractivity contribution in [1.29, 1.82) is 0 Å². The predicted octanol–water partition coefficient (Wildman–Crippen LogP) is 3.00. The third-order valence-electron chi connectivity index (χ3n) is 10.1. The van der Waals surface area contributed by atoms with Crippen LogP contribution in [0.2, 0.25) is 0 Å². The van der Waals surface area contributed by atoms with Crippen LogP contribution in [0.4, 0.5) is 26.3 Å². The van der Waals surface area contributed by atoms with E-state index in [0.717, 1.165) is 21.8 Å². The maximum absolute atomic E-state index is 13.2. The van der Waals surface area contributed by atoms with Crippen LogP contribution in [0.3, 0.4) is 0 Å². The van der Waals surface area contributed by atoms with Crippen LogP contribution < -0.4 is 11.9 Å². The maximum atomic E-state index is 13.2. The average Bonchev–Trinajstić information content (AvgIpc) is 4.00. The van der Waals surface area contributed by atoms with E-state index in [4.69, 9.17) is 10.5 Å². The number of hydrogen-bond acceptors (Lipinski definition) is 14. The molecule has 25 heteroatoms. The van der Waals surface area contributed by atoms with Crippen molar-refractivity contribution < 1.29 is 60.5 Å². The predicted molar refractivity (Wildman–Crippen MR) is 221 cm³/mol. The standard InChI is InChI=1S/C22H18F3N5O4.C20H15F3N6O3.H3N/c1-3-34-18(31)16-15-12-26-19(22(23,24)25)27-17(15)30(28-16)14-6-4-5-13(11-14)7-8-21(33)9-10-29(2)20(21)32;1-28-8-7-19(32,18(28)31)6-5-11-3-2-4-12(9-11)29-16-13(14(27-29)15(24)30)10-25-17(26-16)20(21,22)23;/h4-6,11-12,33H,3,9-10H2,1-2H3;2-4,9-10,32H,7-8H2,1H3,(H2,24,30);1H3/t21-;19-;/m00./s1. The fourth-order valence-corrected chi connectivity index (χ4v) is 6.69. The molecule has 2 atom stereocenters. The fraction of sp³-hybridized carbons (Fsp3) is 0.286. The first kappa shape index (κ1) is 48.5. The van der Waals surface area contributed by atoms with Gasteiger partial charge in [0.1, 0.15) is 0 Å². The Morgan fingerprint density at radius 2 is 1.16 bits per heavy atom. The molecule has 2 fully saturated rings. The number of likely N-dealkylation sites (tertiary alicyclic amines) is 2. The van der Waals surface area contributed by atoms with Crippen molar-refractivity contribution >= 4 is 45.8 Å². The van der Waals surface area contributed by atoms with Crippen molar-refractivity contribution in [3.63, 3.8) is 0 Å². The van der Waals surface area contributed by atoms with E-state index in [1.807, 2.05) is 0 Å². The normalized spacial score (nSPS) is 18.1. The fourth-order valence-electron chi connectivity index (χ4n) is 6.69. The zero-order valence-electron chi connectivity index (χ0n) is 35.3. The second-order valence-corrected chi connectivity index (χ2v) is 14.7. The van der Waals surface area contributed by atoms with Gasteiger partial charge < -0.3 is 36.6 Å². The SMILES string of the molecule is CCOC(=O)c1nn(-c2cccc(C#C[C@]3(O)CCN(C)C3=O)c2)c2nc(C(F)(F)F)ncc12.CN1CC[C@@](O)(C#Cc2cccc(-n3nc(C(N)=O)c4cnc(C(F)(F)F)nc43)c2)C1=O.N. The van der Waals surface area contributed by atoms with E-state index in [1.54, 1.807) is 45.3 Å². The lowest BCUT2D eigenvalue weighted by Gasteiger charge is -2.13. The number of aromatic nitrogens is 8. The molecule has 348 valence electrons. The number of nitrogens with two attached hydrogens (primary N) is 1. The number of alkyl halides is 6. The minimum atomic E-state index is -4.81. The van der Waals surface area contributed by atoms with Crippen LogP contribution in [0, 0.1) is 23.7 Å². The Labute approximate surface area is 374 Å². The van der Waals surface area contributed by atoms with Crippen LogP contribution >= 0.6 is 0 Å². The Hall–Kier alpha value is -8.00. The summed E-state index contributed by atoms with van der Waals surface area (Å²) >= 11 is 0. The van der Waals surface area contributed by atoms with Gasteiger partial charge in [-0.15, -0.1) is 0 Å². The number of benzene rings is 2. The Morgan fingerprint density at radius 3 is 1.54 bits per heavy atom. The first-order chi connectivity index (χ1) is 31.0. The maximum Gasteiger partial charge on any atom is 0.451 e. The van der Waals surface area contributed by atoms with Crippen LogP contribution in [0.1, 0.15) is 63.5 Å². The van der Waals surface area contributed by atoms with Crippen LogP contribution in [-0.2, 0) is 26.7 Å². The van der Waals surface area contributed by atoms with E-state index in [1.165, 1.54) is 34.1 Å². The van der Waals surface area contributed by atoms with E-state index < -0.39 is 58.9 Å². The topological polar surface area (TPSA) is 273 Å². The van der Waals surface area contributed by atoms with Gasteiger partial charge in [-0.05, 0) is 43.3 Å². The molecule has 67 heavy (non-hydrogen) atoms. The van der Waals surface area contributed by atoms with Gasteiger partial charge in [0.2, 0.25) is 22.9 Å². The molecule has 2 saturated heterocycles. The molecule has 2 aliphatic heterocycles. The Morgan fingerprint density at radius 1 is 0.746 bits per heavy atom. The Bertz CT molecular complexity index is 3100. The highest BCUT2D eigenvalue weighted by molar-refractivity contribution is 6.03. The zero-order valence-corrected chi connectivity index (χ0v) is 35.3. The largest absolute Gasteiger partial charge is 0.461 e. The molecule has 0 unspecified atom stereocenters. The van der Waals surface area contributed by atoms with Crippen LogP contribution in [0.5, 0.6) is 0 Å². The summed E-state index contributed by atoms with van der Waals surface area (Å²) in [5, 5.41) is 29.0. The van der Waals surface area contributed by atoms with Crippen LogP contribution in [0.25, 0.3) is 33.4 Å². The number of fused-ring (bicyclic) bond motifs is 2. The summed E-state index contributed by atoms with van der Waals surface area (Å²) in [4.78, 5) is 64.7. The van der Waals surface area contributed by atoms with Gasteiger partial charge in [0.05, 0.1) is 28.8 Å². The zero-order chi connectivity index (χ0) is 47.9. The molecule has 3 amide bonds. The smallest absolute Gasteiger partial charge is 0.451 e. The second-order valence-electron chi connectivity index (χ2n) is 14.7. The molecule has 6 aromatic rings. The van der Waals surface area contributed by atoms with Gasteiger partial charge in [0.25, 0.3) is 17.7 Å². The molecule has 7 N–H and O–H groups in total. The van der Waals surface area contributed by atoms with Gasteiger partial charge in [-0.25, -0.2) is 34.1 Å². The minimum absolute atomic E-state index is 0. The lowest BCUT2D eigenvalue weighted by molar-refractivity contribution is -0.145. The molecule has 0 bridgehead atoms. The molecule has 0 radical (unpaired) electrons. The first-order valence-corrected chi connectivity index (χ1v) is 19.4. The summed E-state index contributed by atoms with van der Waals surface area (Å²) in [6, 6.07) is 12.3. The van der Waals surface area contributed by atoms with Crippen molar-refractivity contribution in [2.24, 2.45) is 5.73 Å². The third-order valence-corrected chi connectivity index (χ3v) is 10.1. The van der Waals surface area contributed by atoms with Crippen molar-refractivity contribution in [2.75, 3.05) is 33.8 Å². The average molecular weight is 935 g/mol. The number of hydrogen-bond donors (Lipinski definition) is 4. The number of carbonyl (C=O) groups is 4. The lowest BCUT2D eigenvalue weighted by Crippen LogP contribution is -2.37. The molecule has 8 rings (SSSR count). The van der Waals surface area contributed by atoms with E-state index in [-0.39, 0.29) is 70.4 Å². The van der Waals surface area contributed by atoms with Gasteiger partial charge >= 0.3 is 18.3 Å². The summed E-state index contributed by atoms with van der Waals surface area (Å²) < 4.78 is 86.0. The molecule has 6 heterocycles. The molecular formula is C42H36F6N12O7. The monoisotopic (exact) mass is 934 g/mol. The number of halogens is 6. The summed E-state index contributed by atoms with van der Waals surface area (Å²) in [6.45, 7) is 2.34. The number of carbonyl (C=O) groups excluding carboxylic acids is 4. The molecule has 0 spiro atoms. The summed E-state index contributed by atoms with van der Waals surface area (Å²) in [6.07, 6.45) is -7.59. The first-order valence-electron chi connectivity index (χ1n) is 19.4. The number of primary amides is 1. The molecule has 0 saturated carbocycles. The van der Waals surface area contributed by atoms with Gasteiger partial charge in [0, 0.05) is 63.5 Å². The number of amides is 3. The second kappa shape index (κ2) is 18.1. The lowest BCUT2D eigenvalue weighted by atomic mass is 10.0. The highest BCUT2D eigenvalue weighted by atomic mass is 19.4. The summed E-state index contributed by atoms with van der Waals surface area (Å²) in [7, 11) is 3.11. The molecule has 2 aliphatic rings. The van der Waals surface area contributed by atoms with E-state index in [2.05, 4.69) is 53.8 Å². The molecule has 4 aromatic heterocycles. The molecular weight excluding hydrogens is 899 g/mol. The van der Waals surface area contributed by atoms with Gasteiger partial charge in [0.15, 0.2) is 22.7 Å². The van der Waals surface area contributed by atoms with Crippen molar-refractivity contribution in [3.05, 3.63) is 95.1 Å². The van der Waals surface area contributed by atoms with Crippen molar-refractivity contribution in [1.82, 2.24) is 55.4 Å². The third kappa shape index (κ3) is 9.69. The van der Waals surface area contributed by atoms with E-state index >= 15 is 0 Å². The van der Waals surface area contributed by atoms with Gasteiger partial charge in [-0.3, -0.25) is 14.4 Å². The quantitative estimate of drug-likeness (QED) is 0.110. The van der Waals surface area contributed by atoms with Crippen molar-refractivity contribution in [3.8, 4) is 35.1 Å². The van der Waals surface area contributed by atoms with Gasteiger partial charge in [-0.2, -0.15) is 36.5 Å². The van der Waals surface area contributed by atoms with E-state index in [0.29, 0.717) is 24.2 Å². The number of likely N-dealkylation sites (N-methyl/N-ethyl adjacent to an activating group) is 2. The number of nitrogens with zero attached hydrogens (tertiary/aromatic N) is 10. The number of aliphatic hydroxyl groups is 2. The number of rotatable bonds is 5. The summed E-state index contributed by atoms with van der Waals surface area (Å²) in [5.41, 5.74) is 1.84. The Kier molecular flexibility index (Phi) is 13.1. The van der Waals surface area contributed by atoms with Gasteiger partial charge in [-0.1, -0.05) is 35.8 Å². The molecule has 19 nitrogen and oxygen atoms in total. The number of ether oxygens (including phenoxy) is 1. The highest BCUT2D eigenvalue weighted by Gasteiger charge is 2.43. The highest BCUT2D eigenvalue weighted by Crippen LogP contribution is 2.31. The van der Waals surface area contributed by atoms with Crippen molar-refractivity contribution in [2.45, 2.75) is 43.3 Å². The van der Waals surface area contributed by atoms with E-state index in [9.17, 15) is 55.7 Å². The minimum Gasteiger partial charge on any atom is -0.461 e.